The number of hydrogen-bond donors (Lipinski definition) is 3. The highest BCUT2D eigenvalue weighted by Crippen LogP contribution is 2.39. The van der Waals surface area contributed by atoms with Gasteiger partial charge in [-0.15, -0.1) is 0 Å². The lowest BCUT2D eigenvalue weighted by molar-refractivity contribution is 1.32. The van der Waals surface area contributed by atoms with Crippen LogP contribution in [-0.2, 0) is 0 Å². The molecule has 0 spiro atoms. The number of aryl methyl sites for hydroxylation is 3. The van der Waals surface area contributed by atoms with E-state index in [0.717, 1.165) is 83.4 Å². The molecule has 7 aromatic carbocycles. The summed E-state index contributed by atoms with van der Waals surface area (Å²) in [5.74, 6) is 0. The van der Waals surface area contributed by atoms with Crippen molar-refractivity contribution in [1.82, 2.24) is 19.9 Å². The highest BCUT2D eigenvalue weighted by molar-refractivity contribution is 6.24. The molecule has 0 unspecified atom stereocenters. The molecule has 5 heterocycles. The van der Waals surface area contributed by atoms with Gasteiger partial charge >= 0.3 is 0 Å². The zero-order valence-electron chi connectivity index (χ0n) is 34.8. The van der Waals surface area contributed by atoms with Gasteiger partial charge < -0.3 is 15.0 Å². The van der Waals surface area contributed by atoms with Gasteiger partial charge in [-0.2, -0.15) is 0 Å². The average molecular weight is 795 g/mol. The fourth-order valence-electron chi connectivity index (χ4n) is 9.55. The largest absolute Gasteiger partial charge is 0.354 e. The van der Waals surface area contributed by atoms with Crippen molar-refractivity contribution in [2.45, 2.75) is 20.8 Å². The van der Waals surface area contributed by atoms with E-state index in [1.807, 2.05) is 0 Å². The van der Waals surface area contributed by atoms with E-state index in [2.05, 4.69) is 218 Å². The number of benzene rings is 7. The first-order valence-electron chi connectivity index (χ1n) is 21.4. The Kier molecular flexibility index (Phi) is 8.16. The van der Waals surface area contributed by atoms with Crippen LogP contribution in [0.4, 0.5) is 0 Å². The van der Waals surface area contributed by atoms with Gasteiger partial charge in [0.25, 0.3) is 0 Å². The number of aromatic nitrogens is 4. The fraction of sp³-hybridized carbons (Fsp3) is 0.0517. The van der Waals surface area contributed by atoms with Crippen LogP contribution in [-0.4, -0.2) is 19.9 Å². The Morgan fingerprint density at radius 1 is 0.387 bits per heavy atom. The normalized spacial score (nSPS) is 12.3. The Bertz CT molecular complexity index is 3720. The molecule has 3 N–H and O–H groups in total. The molecule has 62 heavy (non-hydrogen) atoms. The number of nitrogens with one attached hydrogen (secondary N) is 3. The number of rotatable bonds is 5. The Morgan fingerprint density at radius 3 is 1.50 bits per heavy atom. The molecule has 0 atom stereocenters. The monoisotopic (exact) mass is 794 g/mol. The van der Waals surface area contributed by atoms with Crippen molar-refractivity contribution in [2.75, 3.05) is 0 Å². The summed E-state index contributed by atoms with van der Waals surface area (Å²) in [5.41, 5.74) is 20.4. The van der Waals surface area contributed by atoms with Gasteiger partial charge in [0.05, 0.1) is 22.4 Å². The summed E-state index contributed by atoms with van der Waals surface area (Å²) < 4.78 is 0. The minimum atomic E-state index is 0.886. The quantitative estimate of drug-likeness (QED) is 0.149. The highest BCUT2D eigenvalue weighted by atomic mass is 14.8. The summed E-state index contributed by atoms with van der Waals surface area (Å²) in [6.45, 7) is 6.41. The zero-order valence-corrected chi connectivity index (χ0v) is 34.8. The first-order chi connectivity index (χ1) is 30.4. The second-order valence-electron chi connectivity index (χ2n) is 16.9. The molecule has 0 fully saturated rings. The van der Waals surface area contributed by atoms with Crippen LogP contribution in [0.3, 0.4) is 0 Å². The first kappa shape index (κ1) is 35.9. The number of fused-ring (bicyclic) bond motifs is 9. The van der Waals surface area contributed by atoms with Gasteiger partial charge in [0, 0.05) is 44.3 Å². The number of aromatic amines is 3. The molecule has 0 saturated carbocycles. The highest BCUT2D eigenvalue weighted by Gasteiger charge is 2.17. The Morgan fingerprint density at radius 2 is 0.871 bits per heavy atom. The van der Waals surface area contributed by atoms with Crippen molar-refractivity contribution in [3.8, 4) is 33.4 Å². The minimum absolute atomic E-state index is 0.886. The smallest absolute Gasteiger partial charge is 0.0873 e. The Balaban J connectivity index is 1.19. The van der Waals surface area contributed by atoms with E-state index in [1.54, 1.807) is 0 Å². The molecule has 11 aromatic rings. The van der Waals surface area contributed by atoms with Crippen molar-refractivity contribution in [1.29, 1.82) is 0 Å². The van der Waals surface area contributed by atoms with Crippen molar-refractivity contribution in [2.24, 2.45) is 0 Å². The lowest BCUT2D eigenvalue weighted by Gasteiger charge is -2.12. The molecular formula is C58H42N4. The molecule has 294 valence electrons. The van der Waals surface area contributed by atoms with Gasteiger partial charge in [0.15, 0.2) is 0 Å². The standard InChI is InChI=1S/C58H42N4/c1-34-7-13-41(14-8-34)55-47-28-27-46(59-47)52-33-44(24-20-37-19-21-40-23-22-38-5-4-6-39-25-26-45(37)54(40)53(38)39)58(62-52)57(43-17-11-36(3)12-18-43)51-32-31-50(61-51)56(49-30-29-48(55)60-49)42-15-9-35(2)10-16-42/h4-33,60-62H,1-3H3/b24-20+,52-46?,55-47?,55-48?,56-49?,56-50?,57-51?,58-57?. The average Bonchev–Trinajstić information content (AvgIpc) is 4.14. The summed E-state index contributed by atoms with van der Waals surface area (Å²) in [6.07, 6.45) is 8.86. The van der Waals surface area contributed by atoms with Gasteiger partial charge in [0.1, 0.15) is 0 Å². The molecule has 4 aromatic heterocycles. The molecule has 0 amide bonds. The fourth-order valence-corrected chi connectivity index (χ4v) is 9.55. The molecule has 0 saturated heterocycles. The molecule has 4 nitrogen and oxygen atoms in total. The van der Waals surface area contributed by atoms with Gasteiger partial charge in [-0.3, -0.25) is 0 Å². The topological polar surface area (TPSA) is 60.3 Å². The third kappa shape index (κ3) is 5.95. The lowest BCUT2D eigenvalue weighted by Crippen LogP contribution is -1.86. The molecular weight excluding hydrogens is 753 g/mol. The molecule has 12 rings (SSSR count). The van der Waals surface area contributed by atoms with Crippen LogP contribution >= 0.6 is 0 Å². The van der Waals surface area contributed by atoms with Crippen LogP contribution in [0.5, 0.6) is 0 Å². The van der Waals surface area contributed by atoms with Crippen LogP contribution < -0.4 is 0 Å². The molecule has 1 aliphatic heterocycles. The maximum absolute atomic E-state index is 5.40. The molecule has 0 aliphatic carbocycles. The minimum Gasteiger partial charge on any atom is -0.354 e. The lowest BCUT2D eigenvalue weighted by atomic mass is 9.92. The van der Waals surface area contributed by atoms with E-state index in [0.29, 0.717) is 0 Å². The van der Waals surface area contributed by atoms with Gasteiger partial charge in [-0.1, -0.05) is 156 Å². The summed E-state index contributed by atoms with van der Waals surface area (Å²) in [7, 11) is 0. The van der Waals surface area contributed by atoms with Crippen LogP contribution in [0.15, 0.2) is 158 Å². The molecule has 4 heteroatoms. The van der Waals surface area contributed by atoms with E-state index in [4.69, 9.17) is 4.98 Å². The predicted molar refractivity (Wildman–Crippen MR) is 265 cm³/mol. The van der Waals surface area contributed by atoms with Gasteiger partial charge in [0.2, 0.25) is 0 Å². The third-order valence-corrected chi connectivity index (χ3v) is 12.7. The van der Waals surface area contributed by atoms with Gasteiger partial charge in [-0.05, 0) is 118 Å². The van der Waals surface area contributed by atoms with E-state index in [-0.39, 0.29) is 0 Å². The van der Waals surface area contributed by atoms with Crippen LogP contribution in [0.1, 0.15) is 39.2 Å². The summed E-state index contributed by atoms with van der Waals surface area (Å²) >= 11 is 0. The van der Waals surface area contributed by atoms with E-state index in [1.165, 1.54) is 54.6 Å². The number of nitrogens with zero attached hydrogens (tertiary/aromatic N) is 1. The first-order valence-corrected chi connectivity index (χ1v) is 21.4. The molecule has 0 radical (unpaired) electrons. The summed E-state index contributed by atoms with van der Waals surface area (Å²) in [5, 5.41) is 7.68. The van der Waals surface area contributed by atoms with Crippen molar-refractivity contribution < 1.29 is 0 Å². The maximum atomic E-state index is 5.40. The number of H-pyrrole nitrogens is 3. The summed E-state index contributed by atoms with van der Waals surface area (Å²) in [6, 6.07) is 57.7. The van der Waals surface area contributed by atoms with Crippen LogP contribution in [0, 0.1) is 20.8 Å². The Labute approximate surface area is 359 Å². The number of hydrogen-bond acceptors (Lipinski definition) is 1. The van der Waals surface area contributed by atoms with Crippen molar-refractivity contribution in [3.05, 3.63) is 197 Å². The zero-order chi connectivity index (χ0) is 41.5. The van der Waals surface area contributed by atoms with E-state index < -0.39 is 0 Å². The SMILES string of the molecule is Cc1ccc(-c2c3nc(c4cc(/C=C/c5ccc6ccc7cccc8ccc5c6c78)c([nH]4)c(-c4ccc(C)cc4)c4ccc([nH]4)c(-c4ccc(C)cc4)c4ccc2[nH]4)C=C3)cc1. The van der Waals surface area contributed by atoms with Crippen LogP contribution in [0.25, 0.3) is 123 Å². The summed E-state index contributed by atoms with van der Waals surface area (Å²) in [4.78, 5) is 17.2. The maximum Gasteiger partial charge on any atom is 0.0873 e. The van der Waals surface area contributed by atoms with E-state index in [9.17, 15) is 0 Å². The third-order valence-electron chi connectivity index (χ3n) is 12.7. The Hall–Kier alpha value is -7.95. The predicted octanol–water partition coefficient (Wildman–Crippen LogP) is 15.7. The van der Waals surface area contributed by atoms with Crippen molar-refractivity contribution in [3.63, 3.8) is 0 Å². The van der Waals surface area contributed by atoms with Crippen LogP contribution in [0.2, 0.25) is 0 Å². The second-order valence-corrected chi connectivity index (χ2v) is 16.9. The van der Waals surface area contributed by atoms with E-state index >= 15 is 0 Å². The van der Waals surface area contributed by atoms with Gasteiger partial charge in [-0.25, -0.2) is 4.98 Å². The molecule has 1 aliphatic rings. The molecule has 8 bridgehead atoms. The second kappa shape index (κ2) is 14.1. The van der Waals surface area contributed by atoms with Crippen molar-refractivity contribution >= 4 is 89.7 Å².